The Balaban J connectivity index is 1.80. The Morgan fingerprint density at radius 1 is 1.41 bits per heavy atom. The third-order valence-electron chi connectivity index (χ3n) is 2.93. The molecule has 1 aliphatic carbocycles. The summed E-state index contributed by atoms with van der Waals surface area (Å²) in [5.41, 5.74) is 2.08. The number of rotatable bonds is 4. The van der Waals surface area contributed by atoms with Gasteiger partial charge in [-0.15, -0.1) is 0 Å². The Kier molecular flexibility index (Phi) is 2.65. The first-order valence-corrected chi connectivity index (χ1v) is 5.93. The zero-order valence-corrected chi connectivity index (χ0v) is 9.81. The second-order valence-electron chi connectivity index (χ2n) is 4.46. The van der Waals surface area contributed by atoms with Crippen LogP contribution in [-0.2, 0) is 6.54 Å². The van der Waals surface area contributed by atoms with E-state index in [2.05, 4.69) is 15.3 Å². The highest BCUT2D eigenvalue weighted by atomic mass is 16.3. The fraction of sp³-hybridized carbons (Fsp3) is 0.385. The lowest BCUT2D eigenvalue weighted by Gasteiger charge is -2.03. The van der Waals surface area contributed by atoms with Crippen molar-refractivity contribution in [3.05, 3.63) is 35.9 Å². The molecule has 1 fully saturated rings. The maximum atomic E-state index is 5.40. The first-order valence-electron chi connectivity index (χ1n) is 5.93. The van der Waals surface area contributed by atoms with E-state index < -0.39 is 0 Å². The molecule has 4 nitrogen and oxygen atoms in total. The minimum Gasteiger partial charge on any atom is -0.461 e. The smallest absolute Gasteiger partial charge is 0.196 e. The van der Waals surface area contributed by atoms with Gasteiger partial charge in [0.15, 0.2) is 11.6 Å². The van der Waals surface area contributed by atoms with Crippen molar-refractivity contribution in [2.45, 2.75) is 32.4 Å². The molecule has 88 valence electrons. The molecule has 3 rings (SSSR count). The van der Waals surface area contributed by atoms with Crippen molar-refractivity contribution in [3.63, 3.8) is 0 Å². The molecule has 1 N–H and O–H groups in total. The Hall–Kier alpha value is -1.68. The molecule has 0 amide bonds. The zero-order valence-electron chi connectivity index (χ0n) is 9.81. The molecule has 2 heterocycles. The van der Waals surface area contributed by atoms with E-state index in [9.17, 15) is 0 Å². The first kappa shape index (κ1) is 10.5. The predicted molar refractivity (Wildman–Crippen MR) is 64.3 cm³/mol. The van der Waals surface area contributed by atoms with Crippen LogP contribution in [0.25, 0.3) is 11.6 Å². The van der Waals surface area contributed by atoms with Crippen LogP contribution >= 0.6 is 0 Å². The number of hydrogen-bond acceptors (Lipinski definition) is 4. The molecule has 0 aromatic carbocycles. The monoisotopic (exact) mass is 229 g/mol. The van der Waals surface area contributed by atoms with E-state index in [0.29, 0.717) is 11.9 Å². The highest BCUT2D eigenvalue weighted by molar-refractivity contribution is 5.51. The normalized spacial score (nSPS) is 15.1. The quantitative estimate of drug-likeness (QED) is 0.874. The fourth-order valence-corrected chi connectivity index (χ4v) is 1.74. The average molecular weight is 229 g/mol. The van der Waals surface area contributed by atoms with Crippen LogP contribution in [0, 0.1) is 6.92 Å². The molecule has 0 unspecified atom stereocenters. The van der Waals surface area contributed by atoms with Crippen LogP contribution in [0.4, 0.5) is 0 Å². The predicted octanol–water partition coefficient (Wildman–Crippen LogP) is 2.30. The van der Waals surface area contributed by atoms with E-state index in [0.717, 1.165) is 23.6 Å². The van der Waals surface area contributed by atoms with E-state index >= 15 is 0 Å². The van der Waals surface area contributed by atoms with Crippen molar-refractivity contribution in [2.24, 2.45) is 0 Å². The van der Waals surface area contributed by atoms with Crippen molar-refractivity contribution >= 4 is 0 Å². The standard InChI is InChI=1S/C13H15N3O/c1-9-5-7-17-12(9)13-14-6-4-11(16-13)8-15-10-2-3-10/h4-7,10,15H,2-3,8H2,1H3. The number of hydrogen-bond donors (Lipinski definition) is 1. The summed E-state index contributed by atoms with van der Waals surface area (Å²) in [5.74, 6) is 1.43. The summed E-state index contributed by atoms with van der Waals surface area (Å²) in [6, 6.07) is 4.56. The number of nitrogens with zero attached hydrogens (tertiary/aromatic N) is 2. The van der Waals surface area contributed by atoms with E-state index in [4.69, 9.17) is 4.42 Å². The summed E-state index contributed by atoms with van der Waals surface area (Å²) in [6.45, 7) is 2.80. The fourth-order valence-electron chi connectivity index (χ4n) is 1.74. The molecule has 17 heavy (non-hydrogen) atoms. The van der Waals surface area contributed by atoms with Crippen molar-refractivity contribution in [1.82, 2.24) is 15.3 Å². The summed E-state index contributed by atoms with van der Waals surface area (Å²) >= 11 is 0. The van der Waals surface area contributed by atoms with Gasteiger partial charge >= 0.3 is 0 Å². The molecule has 2 aromatic rings. The van der Waals surface area contributed by atoms with Crippen molar-refractivity contribution in [3.8, 4) is 11.6 Å². The van der Waals surface area contributed by atoms with Crippen molar-refractivity contribution in [1.29, 1.82) is 0 Å². The Morgan fingerprint density at radius 2 is 2.29 bits per heavy atom. The summed E-state index contributed by atoms with van der Waals surface area (Å²) in [4.78, 5) is 8.76. The molecule has 0 aliphatic heterocycles. The first-order chi connectivity index (χ1) is 8.33. The number of furan rings is 1. The molecule has 1 aliphatic rings. The van der Waals surface area contributed by atoms with Crippen LogP contribution in [-0.4, -0.2) is 16.0 Å². The number of aromatic nitrogens is 2. The van der Waals surface area contributed by atoms with Gasteiger partial charge in [0.05, 0.1) is 12.0 Å². The second-order valence-corrected chi connectivity index (χ2v) is 4.46. The van der Waals surface area contributed by atoms with Crippen molar-refractivity contribution < 1.29 is 4.42 Å². The molecule has 0 bridgehead atoms. The molecule has 2 aromatic heterocycles. The van der Waals surface area contributed by atoms with Gasteiger partial charge in [0.2, 0.25) is 0 Å². The number of aryl methyl sites for hydroxylation is 1. The largest absolute Gasteiger partial charge is 0.461 e. The molecule has 0 atom stereocenters. The lowest BCUT2D eigenvalue weighted by atomic mass is 10.2. The van der Waals surface area contributed by atoms with E-state index in [-0.39, 0.29) is 0 Å². The minimum atomic E-state index is 0.669. The summed E-state index contributed by atoms with van der Waals surface area (Å²) in [7, 11) is 0. The van der Waals surface area contributed by atoms with Gasteiger partial charge in [0.25, 0.3) is 0 Å². The highest BCUT2D eigenvalue weighted by Gasteiger charge is 2.20. The summed E-state index contributed by atoms with van der Waals surface area (Å²) in [5, 5.41) is 3.44. The number of nitrogens with one attached hydrogen (secondary N) is 1. The summed E-state index contributed by atoms with van der Waals surface area (Å²) in [6.07, 6.45) is 6.03. The van der Waals surface area contributed by atoms with Crippen LogP contribution in [0.15, 0.2) is 29.0 Å². The van der Waals surface area contributed by atoms with Gasteiger partial charge in [-0.05, 0) is 37.5 Å². The van der Waals surface area contributed by atoms with Gasteiger partial charge < -0.3 is 9.73 Å². The zero-order chi connectivity index (χ0) is 11.7. The van der Waals surface area contributed by atoms with Crippen LogP contribution in [0.5, 0.6) is 0 Å². The van der Waals surface area contributed by atoms with Crippen LogP contribution in [0.2, 0.25) is 0 Å². The second kappa shape index (κ2) is 4.30. The molecular weight excluding hydrogens is 214 g/mol. The van der Waals surface area contributed by atoms with E-state index in [1.807, 2.05) is 19.1 Å². The van der Waals surface area contributed by atoms with Gasteiger partial charge in [0, 0.05) is 18.8 Å². The molecule has 4 heteroatoms. The Morgan fingerprint density at radius 3 is 3.00 bits per heavy atom. The Bertz CT molecular complexity index is 517. The Labute approximate surface area is 100 Å². The van der Waals surface area contributed by atoms with E-state index in [1.54, 1.807) is 12.5 Å². The topological polar surface area (TPSA) is 51.0 Å². The molecule has 0 saturated heterocycles. The van der Waals surface area contributed by atoms with Gasteiger partial charge in [0.1, 0.15) is 0 Å². The third-order valence-corrected chi connectivity index (χ3v) is 2.93. The third kappa shape index (κ3) is 2.36. The minimum absolute atomic E-state index is 0.669. The van der Waals surface area contributed by atoms with Gasteiger partial charge in [-0.25, -0.2) is 9.97 Å². The molecule has 1 saturated carbocycles. The molecular formula is C13H15N3O. The van der Waals surface area contributed by atoms with Gasteiger partial charge in [-0.1, -0.05) is 0 Å². The van der Waals surface area contributed by atoms with E-state index in [1.165, 1.54) is 12.8 Å². The molecule has 0 spiro atoms. The SMILES string of the molecule is Cc1ccoc1-c1nccc(CNC2CC2)n1. The molecule has 0 radical (unpaired) electrons. The van der Waals surface area contributed by atoms with Crippen LogP contribution in [0.3, 0.4) is 0 Å². The average Bonchev–Trinajstić information content (AvgIpc) is 3.08. The van der Waals surface area contributed by atoms with Gasteiger partial charge in [-0.2, -0.15) is 0 Å². The maximum absolute atomic E-state index is 5.40. The lowest BCUT2D eigenvalue weighted by Crippen LogP contribution is -2.16. The lowest BCUT2D eigenvalue weighted by molar-refractivity contribution is 0.574. The summed E-state index contributed by atoms with van der Waals surface area (Å²) < 4.78 is 5.40. The van der Waals surface area contributed by atoms with Crippen LogP contribution < -0.4 is 5.32 Å². The van der Waals surface area contributed by atoms with Crippen molar-refractivity contribution in [2.75, 3.05) is 0 Å². The van der Waals surface area contributed by atoms with Crippen LogP contribution in [0.1, 0.15) is 24.1 Å². The maximum Gasteiger partial charge on any atom is 0.196 e. The van der Waals surface area contributed by atoms with Gasteiger partial charge in [-0.3, -0.25) is 0 Å². The highest BCUT2D eigenvalue weighted by Crippen LogP contribution is 2.21.